The topological polar surface area (TPSA) is 54.0 Å². The molecule has 2 aromatic carbocycles. The second kappa shape index (κ2) is 6.99. The number of Topliss-reactive ketones (excluding diaryl/α,β-unsaturated/α-hetero) is 1. The van der Waals surface area contributed by atoms with E-state index in [0.29, 0.717) is 23.7 Å². The lowest BCUT2D eigenvalue weighted by Crippen LogP contribution is -2.26. The third-order valence-corrected chi connectivity index (χ3v) is 5.20. The highest BCUT2D eigenvalue weighted by Crippen LogP contribution is 2.51. The van der Waals surface area contributed by atoms with Crippen molar-refractivity contribution in [2.75, 3.05) is 21.3 Å². The summed E-state index contributed by atoms with van der Waals surface area (Å²) in [6.45, 7) is 0. The third-order valence-electron chi connectivity index (χ3n) is 5.20. The lowest BCUT2D eigenvalue weighted by molar-refractivity contribution is -0.116. The van der Waals surface area contributed by atoms with E-state index in [1.807, 2.05) is 36.4 Å². The number of ketones is 1. The van der Waals surface area contributed by atoms with Crippen molar-refractivity contribution in [3.63, 3.8) is 0 Å². The van der Waals surface area contributed by atoms with Crippen LogP contribution in [0.4, 0.5) is 0 Å². The number of allylic oxidation sites excluding steroid dienone is 2. The second-order valence-corrected chi connectivity index (χ2v) is 6.66. The molecule has 2 aromatic rings. The Morgan fingerprint density at radius 1 is 0.926 bits per heavy atom. The number of rotatable bonds is 4. The van der Waals surface area contributed by atoms with Gasteiger partial charge in [-0.25, -0.2) is 0 Å². The summed E-state index contributed by atoms with van der Waals surface area (Å²) in [6.07, 6.45) is 2.11. The Labute approximate surface area is 158 Å². The van der Waals surface area contributed by atoms with Crippen LogP contribution >= 0.6 is 0 Å². The number of methoxy groups -OCH3 is 3. The summed E-state index contributed by atoms with van der Waals surface area (Å²) in [7, 11) is 4.87. The van der Waals surface area contributed by atoms with Crippen molar-refractivity contribution in [1.29, 1.82) is 0 Å². The van der Waals surface area contributed by atoms with E-state index in [4.69, 9.17) is 18.9 Å². The third kappa shape index (κ3) is 2.93. The summed E-state index contributed by atoms with van der Waals surface area (Å²) in [5.74, 6) is 3.43. The van der Waals surface area contributed by atoms with E-state index in [9.17, 15) is 4.79 Å². The van der Waals surface area contributed by atoms with Crippen molar-refractivity contribution in [2.45, 2.75) is 25.2 Å². The molecule has 0 radical (unpaired) electrons. The van der Waals surface area contributed by atoms with Gasteiger partial charge < -0.3 is 18.9 Å². The van der Waals surface area contributed by atoms with Crippen LogP contribution in [0, 0.1) is 0 Å². The average Bonchev–Trinajstić information content (AvgIpc) is 2.71. The quantitative estimate of drug-likeness (QED) is 0.810. The molecular weight excluding hydrogens is 344 g/mol. The summed E-state index contributed by atoms with van der Waals surface area (Å²) in [4.78, 5) is 12.8. The average molecular weight is 366 g/mol. The zero-order valence-electron chi connectivity index (χ0n) is 15.7. The lowest BCUT2D eigenvalue weighted by atomic mass is 9.76. The Hall–Kier alpha value is -2.95. The van der Waals surface area contributed by atoms with Gasteiger partial charge in [0.15, 0.2) is 5.78 Å². The molecule has 0 fully saturated rings. The monoisotopic (exact) mass is 366 g/mol. The van der Waals surface area contributed by atoms with Crippen molar-refractivity contribution in [2.24, 2.45) is 0 Å². The maximum Gasteiger partial charge on any atom is 0.163 e. The minimum absolute atomic E-state index is 0.139. The predicted molar refractivity (Wildman–Crippen MR) is 101 cm³/mol. The van der Waals surface area contributed by atoms with Gasteiger partial charge in [0.2, 0.25) is 0 Å². The van der Waals surface area contributed by atoms with E-state index in [2.05, 4.69) is 0 Å². The Morgan fingerprint density at radius 3 is 2.33 bits per heavy atom. The van der Waals surface area contributed by atoms with Crippen LogP contribution in [0.25, 0.3) is 0 Å². The normalized spacial score (nSPS) is 18.3. The van der Waals surface area contributed by atoms with E-state index in [1.54, 1.807) is 21.3 Å². The van der Waals surface area contributed by atoms with E-state index in [1.165, 1.54) is 0 Å². The fourth-order valence-electron chi connectivity index (χ4n) is 3.90. The highest BCUT2D eigenvalue weighted by atomic mass is 16.5. The molecular formula is C22H22O5. The molecule has 0 bridgehead atoms. The number of carbonyl (C=O) groups is 1. The zero-order valence-corrected chi connectivity index (χ0v) is 15.7. The smallest absolute Gasteiger partial charge is 0.163 e. The van der Waals surface area contributed by atoms with Gasteiger partial charge in [-0.2, -0.15) is 0 Å². The maximum atomic E-state index is 12.8. The van der Waals surface area contributed by atoms with Crippen molar-refractivity contribution in [3.05, 3.63) is 58.9 Å². The first-order valence-electron chi connectivity index (χ1n) is 9.00. The number of hydrogen-bond donors (Lipinski definition) is 0. The Kier molecular flexibility index (Phi) is 4.52. The van der Waals surface area contributed by atoms with Gasteiger partial charge in [0.05, 0.1) is 21.3 Å². The second-order valence-electron chi connectivity index (χ2n) is 6.66. The molecule has 0 aromatic heterocycles. The van der Waals surface area contributed by atoms with Gasteiger partial charge in [-0.3, -0.25) is 4.79 Å². The number of carbonyl (C=O) groups excluding carboxylic acids is 1. The molecule has 5 heteroatoms. The molecule has 27 heavy (non-hydrogen) atoms. The molecule has 0 amide bonds. The number of hydrogen-bond acceptors (Lipinski definition) is 5. The van der Waals surface area contributed by atoms with Gasteiger partial charge in [-0.1, -0.05) is 12.1 Å². The highest BCUT2D eigenvalue weighted by molar-refractivity contribution is 5.99. The predicted octanol–water partition coefficient (Wildman–Crippen LogP) is 4.24. The Bertz CT molecular complexity index is 911. The van der Waals surface area contributed by atoms with Gasteiger partial charge >= 0.3 is 0 Å². The summed E-state index contributed by atoms with van der Waals surface area (Å²) >= 11 is 0. The van der Waals surface area contributed by atoms with Crippen LogP contribution in [-0.4, -0.2) is 27.1 Å². The van der Waals surface area contributed by atoms with Crippen LogP contribution in [-0.2, 0) is 4.79 Å². The molecule has 1 heterocycles. The Morgan fingerprint density at radius 2 is 1.67 bits per heavy atom. The van der Waals surface area contributed by atoms with Crippen molar-refractivity contribution in [3.8, 4) is 23.0 Å². The van der Waals surface area contributed by atoms with Crippen LogP contribution in [0.5, 0.6) is 23.0 Å². The molecule has 0 spiro atoms. The van der Waals surface area contributed by atoms with E-state index in [0.717, 1.165) is 41.1 Å². The number of benzene rings is 2. The molecule has 1 aliphatic carbocycles. The van der Waals surface area contributed by atoms with Gasteiger partial charge in [-0.15, -0.1) is 0 Å². The SMILES string of the molecule is COc1ccc(C2C3=C(CCCC3=O)Oc3cc(OC)cc(OC)c32)cc1. The fourth-order valence-corrected chi connectivity index (χ4v) is 3.90. The van der Waals surface area contributed by atoms with E-state index >= 15 is 0 Å². The minimum Gasteiger partial charge on any atom is -0.497 e. The molecule has 0 saturated carbocycles. The van der Waals surface area contributed by atoms with Gasteiger partial charge in [0.1, 0.15) is 28.8 Å². The van der Waals surface area contributed by atoms with E-state index < -0.39 is 0 Å². The molecule has 140 valence electrons. The molecule has 4 rings (SSSR count). The van der Waals surface area contributed by atoms with Crippen LogP contribution < -0.4 is 18.9 Å². The molecule has 1 atom stereocenters. The van der Waals surface area contributed by atoms with Gasteiger partial charge in [0, 0.05) is 42.0 Å². The summed E-state index contributed by atoms with van der Waals surface area (Å²) < 4.78 is 22.5. The molecule has 1 aliphatic heterocycles. The van der Waals surface area contributed by atoms with Crippen molar-refractivity contribution < 1.29 is 23.7 Å². The zero-order chi connectivity index (χ0) is 19.0. The van der Waals surface area contributed by atoms with Crippen LogP contribution in [0.2, 0.25) is 0 Å². The lowest BCUT2D eigenvalue weighted by Gasteiger charge is -2.34. The first kappa shape index (κ1) is 17.5. The van der Waals surface area contributed by atoms with Crippen molar-refractivity contribution >= 4 is 5.78 Å². The van der Waals surface area contributed by atoms with E-state index in [-0.39, 0.29) is 11.7 Å². The highest BCUT2D eigenvalue weighted by Gasteiger charge is 2.39. The molecule has 5 nitrogen and oxygen atoms in total. The summed E-state index contributed by atoms with van der Waals surface area (Å²) in [5, 5.41) is 0. The minimum atomic E-state index is -0.233. The maximum absolute atomic E-state index is 12.8. The van der Waals surface area contributed by atoms with Crippen LogP contribution in [0.1, 0.15) is 36.3 Å². The van der Waals surface area contributed by atoms with Gasteiger partial charge in [-0.05, 0) is 24.1 Å². The standard InChI is InChI=1S/C22H22O5/c1-24-14-9-7-13(8-10-14)20-21-16(23)5-4-6-17(21)27-19-12-15(25-2)11-18(26-3)22(19)20/h7-12,20H,4-6H2,1-3H3. The van der Waals surface area contributed by atoms with Crippen molar-refractivity contribution in [1.82, 2.24) is 0 Å². The Balaban J connectivity index is 1.95. The first-order valence-corrected chi connectivity index (χ1v) is 9.00. The molecule has 1 unspecified atom stereocenters. The summed E-state index contributed by atoms with van der Waals surface area (Å²) in [6, 6.07) is 11.5. The summed E-state index contributed by atoms with van der Waals surface area (Å²) in [5.41, 5.74) is 2.60. The van der Waals surface area contributed by atoms with Crippen LogP contribution in [0.15, 0.2) is 47.7 Å². The first-order chi connectivity index (χ1) is 13.2. The molecule has 0 saturated heterocycles. The van der Waals surface area contributed by atoms with Gasteiger partial charge in [0.25, 0.3) is 0 Å². The molecule has 2 aliphatic rings. The van der Waals surface area contributed by atoms with Crippen LogP contribution in [0.3, 0.4) is 0 Å². The largest absolute Gasteiger partial charge is 0.497 e. The fraction of sp³-hybridized carbons (Fsp3) is 0.318. The number of ether oxygens (including phenoxy) is 4. The molecule has 0 N–H and O–H groups in total. The number of fused-ring (bicyclic) bond motifs is 1.